The van der Waals surface area contributed by atoms with Crippen LogP contribution in [0.4, 0.5) is 0 Å². The molecule has 0 saturated heterocycles. The van der Waals surface area contributed by atoms with Crippen molar-refractivity contribution in [1.82, 2.24) is 5.48 Å². The fourth-order valence-electron chi connectivity index (χ4n) is 1.15. The van der Waals surface area contributed by atoms with Crippen LogP contribution in [0.2, 0.25) is 0 Å². The molecule has 0 aliphatic rings. The van der Waals surface area contributed by atoms with E-state index < -0.39 is 0 Å². The van der Waals surface area contributed by atoms with E-state index in [0.717, 1.165) is 5.56 Å². The Bertz CT molecular complexity index is 341. The SMILES string of the molecule is CC(C)(C)N=C(N)NOCc1ccccc1. The van der Waals surface area contributed by atoms with Gasteiger partial charge in [-0.25, -0.2) is 10.5 Å². The number of hydrogen-bond acceptors (Lipinski definition) is 2. The average molecular weight is 221 g/mol. The fraction of sp³-hybridized carbons (Fsp3) is 0.417. The summed E-state index contributed by atoms with van der Waals surface area (Å²) in [5.41, 5.74) is 9.13. The number of nitrogens with two attached hydrogens (primary N) is 1. The highest BCUT2D eigenvalue weighted by molar-refractivity contribution is 5.77. The number of rotatable bonds is 3. The Hall–Kier alpha value is -1.55. The van der Waals surface area contributed by atoms with Crippen LogP contribution in [0.5, 0.6) is 0 Å². The highest BCUT2D eigenvalue weighted by atomic mass is 16.6. The van der Waals surface area contributed by atoms with Gasteiger partial charge in [0.2, 0.25) is 5.96 Å². The van der Waals surface area contributed by atoms with Crippen molar-refractivity contribution in [2.24, 2.45) is 10.7 Å². The van der Waals surface area contributed by atoms with E-state index in [1.165, 1.54) is 0 Å². The van der Waals surface area contributed by atoms with E-state index in [0.29, 0.717) is 12.6 Å². The molecule has 4 heteroatoms. The van der Waals surface area contributed by atoms with Crippen molar-refractivity contribution in [1.29, 1.82) is 0 Å². The van der Waals surface area contributed by atoms with Crippen LogP contribution < -0.4 is 11.2 Å². The first-order chi connectivity index (χ1) is 7.47. The Morgan fingerprint density at radius 3 is 2.50 bits per heavy atom. The predicted molar refractivity (Wildman–Crippen MR) is 65.7 cm³/mol. The molecule has 0 aliphatic carbocycles. The first-order valence-electron chi connectivity index (χ1n) is 5.24. The standard InChI is InChI=1S/C12H19N3O/c1-12(2,3)14-11(13)15-16-9-10-7-5-4-6-8-10/h4-8H,9H2,1-3H3,(H3,13,14,15). The van der Waals surface area contributed by atoms with E-state index in [4.69, 9.17) is 10.6 Å². The summed E-state index contributed by atoms with van der Waals surface area (Å²) in [5.74, 6) is 0.295. The lowest BCUT2D eigenvalue weighted by Crippen LogP contribution is -2.34. The van der Waals surface area contributed by atoms with E-state index in [-0.39, 0.29) is 5.54 Å². The second-order valence-corrected chi connectivity index (χ2v) is 4.54. The molecule has 0 amide bonds. The molecule has 0 fully saturated rings. The quantitative estimate of drug-likeness (QED) is 0.465. The molecule has 0 heterocycles. The molecule has 4 nitrogen and oxygen atoms in total. The van der Waals surface area contributed by atoms with Crippen LogP contribution in [-0.4, -0.2) is 11.5 Å². The second kappa shape index (κ2) is 5.51. The summed E-state index contributed by atoms with van der Waals surface area (Å²) in [7, 11) is 0. The summed E-state index contributed by atoms with van der Waals surface area (Å²) >= 11 is 0. The minimum Gasteiger partial charge on any atom is -0.368 e. The maximum absolute atomic E-state index is 5.64. The molecule has 0 spiro atoms. The lowest BCUT2D eigenvalue weighted by atomic mass is 10.1. The molecule has 0 aliphatic heterocycles. The van der Waals surface area contributed by atoms with Gasteiger partial charge >= 0.3 is 0 Å². The topological polar surface area (TPSA) is 59.6 Å². The molecule has 0 saturated carbocycles. The molecule has 0 unspecified atom stereocenters. The number of benzene rings is 1. The van der Waals surface area contributed by atoms with Gasteiger partial charge in [-0.2, -0.15) is 0 Å². The Morgan fingerprint density at radius 1 is 1.31 bits per heavy atom. The second-order valence-electron chi connectivity index (χ2n) is 4.54. The van der Waals surface area contributed by atoms with Crippen LogP contribution in [0, 0.1) is 0 Å². The van der Waals surface area contributed by atoms with E-state index >= 15 is 0 Å². The smallest absolute Gasteiger partial charge is 0.213 e. The minimum absolute atomic E-state index is 0.201. The van der Waals surface area contributed by atoms with Gasteiger partial charge in [0, 0.05) is 0 Å². The van der Waals surface area contributed by atoms with E-state index in [1.54, 1.807) is 0 Å². The van der Waals surface area contributed by atoms with Crippen molar-refractivity contribution >= 4 is 5.96 Å². The van der Waals surface area contributed by atoms with Crippen molar-refractivity contribution in [3.8, 4) is 0 Å². The molecular formula is C12H19N3O. The van der Waals surface area contributed by atoms with Crippen molar-refractivity contribution in [2.75, 3.05) is 0 Å². The van der Waals surface area contributed by atoms with E-state index in [9.17, 15) is 0 Å². The van der Waals surface area contributed by atoms with Gasteiger partial charge in [-0.1, -0.05) is 30.3 Å². The van der Waals surface area contributed by atoms with Gasteiger partial charge in [-0.05, 0) is 26.3 Å². The normalized spacial score (nSPS) is 12.6. The summed E-state index contributed by atoms with van der Waals surface area (Å²) in [4.78, 5) is 9.42. The first-order valence-corrected chi connectivity index (χ1v) is 5.24. The molecule has 3 N–H and O–H groups in total. The number of guanidine groups is 1. The Labute approximate surface area is 96.5 Å². The molecule has 88 valence electrons. The van der Waals surface area contributed by atoms with Crippen molar-refractivity contribution in [2.45, 2.75) is 32.9 Å². The van der Waals surface area contributed by atoms with Gasteiger partial charge in [0.1, 0.15) is 0 Å². The molecule has 0 radical (unpaired) electrons. The number of aliphatic imine (C=N–C) groups is 1. The molecular weight excluding hydrogens is 202 g/mol. The molecule has 0 aromatic heterocycles. The van der Waals surface area contributed by atoms with Gasteiger partial charge in [-0.3, -0.25) is 4.84 Å². The lowest BCUT2D eigenvalue weighted by molar-refractivity contribution is 0.0698. The van der Waals surface area contributed by atoms with Crippen LogP contribution in [0.15, 0.2) is 35.3 Å². The first kappa shape index (κ1) is 12.5. The monoisotopic (exact) mass is 221 g/mol. The Kier molecular flexibility index (Phi) is 4.31. The van der Waals surface area contributed by atoms with Gasteiger partial charge in [0.15, 0.2) is 0 Å². The van der Waals surface area contributed by atoms with Gasteiger partial charge < -0.3 is 5.73 Å². The summed E-state index contributed by atoms with van der Waals surface area (Å²) in [6, 6.07) is 9.86. The maximum Gasteiger partial charge on any atom is 0.213 e. The maximum atomic E-state index is 5.64. The van der Waals surface area contributed by atoms with Crippen molar-refractivity contribution in [3.05, 3.63) is 35.9 Å². The Balaban J connectivity index is 2.34. The van der Waals surface area contributed by atoms with Crippen LogP contribution in [-0.2, 0) is 11.4 Å². The highest BCUT2D eigenvalue weighted by Crippen LogP contribution is 2.05. The van der Waals surface area contributed by atoms with E-state index in [2.05, 4.69) is 10.5 Å². The zero-order valence-corrected chi connectivity index (χ0v) is 10.0. The number of nitrogens with one attached hydrogen (secondary N) is 1. The third-order valence-electron chi connectivity index (χ3n) is 1.71. The summed E-state index contributed by atoms with van der Waals surface area (Å²) < 4.78 is 0. The number of hydroxylamine groups is 1. The highest BCUT2D eigenvalue weighted by Gasteiger charge is 2.07. The Morgan fingerprint density at radius 2 is 1.94 bits per heavy atom. The zero-order valence-electron chi connectivity index (χ0n) is 10.0. The van der Waals surface area contributed by atoms with Gasteiger partial charge in [0.05, 0.1) is 12.1 Å². The van der Waals surface area contributed by atoms with Crippen LogP contribution in [0.3, 0.4) is 0 Å². The van der Waals surface area contributed by atoms with Crippen LogP contribution in [0.25, 0.3) is 0 Å². The molecule has 1 aromatic rings. The minimum atomic E-state index is -0.201. The fourth-order valence-corrected chi connectivity index (χ4v) is 1.15. The van der Waals surface area contributed by atoms with Crippen molar-refractivity contribution < 1.29 is 4.84 Å². The summed E-state index contributed by atoms with van der Waals surface area (Å²) in [6.45, 7) is 6.37. The summed E-state index contributed by atoms with van der Waals surface area (Å²) in [5, 5.41) is 0. The molecule has 16 heavy (non-hydrogen) atoms. The lowest BCUT2D eigenvalue weighted by Gasteiger charge is -2.14. The molecule has 0 bridgehead atoms. The number of hydrogen-bond donors (Lipinski definition) is 2. The largest absolute Gasteiger partial charge is 0.368 e. The molecule has 1 rings (SSSR count). The third-order valence-corrected chi connectivity index (χ3v) is 1.71. The van der Waals surface area contributed by atoms with Crippen molar-refractivity contribution in [3.63, 3.8) is 0 Å². The van der Waals surface area contributed by atoms with Gasteiger partial charge in [-0.15, -0.1) is 0 Å². The molecule has 0 atom stereocenters. The van der Waals surface area contributed by atoms with Gasteiger partial charge in [0.25, 0.3) is 0 Å². The van der Waals surface area contributed by atoms with E-state index in [1.807, 2.05) is 51.1 Å². The average Bonchev–Trinajstić information content (AvgIpc) is 2.16. The number of nitrogens with zero attached hydrogens (tertiary/aromatic N) is 1. The summed E-state index contributed by atoms with van der Waals surface area (Å²) in [6.07, 6.45) is 0. The zero-order chi connectivity index (χ0) is 12.0. The van der Waals surface area contributed by atoms with Crippen LogP contribution >= 0.6 is 0 Å². The van der Waals surface area contributed by atoms with Crippen LogP contribution in [0.1, 0.15) is 26.3 Å². The predicted octanol–water partition coefficient (Wildman–Crippen LogP) is 1.82. The molecule has 1 aromatic carbocycles. The third kappa shape index (κ3) is 5.36.